The van der Waals surface area contributed by atoms with Gasteiger partial charge in [0.1, 0.15) is 11.8 Å². The minimum Gasteiger partial charge on any atom is -0.496 e. The van der Waals surface area contributed by atoms with Gasteiger partial charge in [-0.15, -0.1) is 0 Å². The Labute approximate surface area is 88.9 Å². The zero-order chi connectivity index (χ0) is 11.4. The lowest BCUT2D eigenvalue weighted by Crippen LogP contribution is -2.25. The minimum atomic E-state index is -0.872. The largest absolute Gasteiger partial charge is 0.496 e. The molecule has 82 valence electrons. The summed E-state index contributed by atoms with van der Waals surface area (Å²) in [4.78, 5) is 10.6. The first kappa shape index (κ1) is 11.4. The molecule has 0 aliphatic carbocycles. The lowest BCUT2D eigenvalue weighted by atomic mass is 10.2. The summed E-state index contributed by atoms with van der Waals surface area (Å²) in [5.41, 5.74) is 1.75. The van der Waals surface area contributed by atoms with Crippen LogP contribution in [0.4, 0.5) is 5.69 Å². The van der Waals surface area contributed by atoms with E-state index in [0.717, 1.165) is 17.0 Å². The van der Waals surface area contributed by atoms with Crippen molar-refractivity contribution in [3.63, 3.8) is 0 Å². The number of nitrogens with one attached hydrogen (secondary N) is 1. The van der Waals surface area contributed by atoms with Crippen LogP contribution in [-0.2, 0) is 4.79 Å². The summed E-state index contributed by atoms with van der Waals surface area (Å²) in [6.45, 7) is 3.51. The van der Waals surface area contributed by atoms with Crippen molar-refractivity contribution in [1.29, 1.82) is 0 Å². The van der Waals surface area contributed by atoms with Crippen molar-refractivity contribution >= 4 is 11.7 Å². The second kappa shape index (κ2) is 4.68. The molecule has 4 nitrogen and oxygen atoms in total. The van der Waals surface area contributed by atoms with Crippen LogP contribution in [0, 0.1) is 6.92 Å². The average Bonchev–Trinajstić information content (AvgIpc) is 2.18. The zero-order valence-corrected chi connectivity index (χ0v) is 9.07. The third-order valence-electron chi connectivity index (χ3n) is 2.15. The Morgan fingerprint density at radius 3 is 2.67 bits per heavy atom. The summed E-state index contributed by atoms with van der Waals surface area (Å²) in [5, 5.41) is 11.6. The molecule has 0 spiro atoms. The lowest BCUT2D eigenvalue weighted by molar-refractivity contribution is -0.137. The zero-order valence-electron chi connectivity index (χ0n) is 9.07. The van der Waals surface area contributed by atoms with Gasteiger partial charge in [-0.3, -0.25) is 4.79 Å². The number of hydrogen-bond acceptors (Lipinski definition) is 3. The molecule has 0 aliphatic heterocycles. The summed E-state index contributed by atoms with van der Waals surface area (Å²) >= 11 is 0. The van der Waals surface area contributed by atoms with E-state index >= 15 is 0 Å². The van der Waals surface area contributed by atoms with E-state index < -0.39 is 12.0 Å². The van der Waals surface area contributed by atoms with Gasteiger partial charge < -0.3 is 15.2 Å². The quantitative estimate of drug-likeness (QED) is 0.795. The van der Waals surface area contributed by atoms with Crippen molar-refractivity contribution < 1.29 is 14.6 Å². The van der Waals surface area contributed by atoms with Crippen molar-refractivity contribution in [3.8, 4) is 5.75 Å². The van der Waals surface area contributed by atoms with Gasteiger partial charge in [-0.1, -0.05) is 0 Å². The summed E-state index contributed by atoms with van der Waals surface area (Å²) in [7, 11) is 1.61. The number of ether oxygens (including phenoxy) is 1. The van der Waals surface area contributed by atoms with Crippen molar-refractivity contribution in [2.24, 2.45) is 0 Å². The number of aliphatic carboxylic acids is 1. The number of methoxy groups -OCH3 is 1. The number of rotatable bonds is 4. The van der Waals surface area contributed by atoms with Crippen molar-refractivity contribution in [2.45, 2.75) is 19.9 Å². The third kappa shape index (κ3) is 2.87. The van der Waals surface area contributed by atoms with Gasteiger partial charge in [0.15, 0.2) is 0 Å². The fraction of sp³-hybridized carbons (Fsp3) is 0.364. The molecule has 0 aliphatic rings. The molecule has 0 fully saturated rings. The highest BCUT2D eigenvalue weighted by molar-refractivity contribution is 5.76. The number of carboxylic acid groups (broad SMARTS) is 1. The average molecular weight is 209 g/mol. The molecule has 15 heavy (non-hydrogen) atoms. The molecule has 1 aromatic carbocycles. The molecule has 0 amide bonds. The number of anilines is 1. The van der Waals surface area contributed by atoms with E-state index in [2.05, 4.69) is 5.32 Å². The van der Waals surface area contributed by atoms with Gasteiger partial charge in [0.25, 0.3) is 0 Å². The number of benzene rings is 1. The first-order valence-electron chi connectivity index (χ1n) is 4.68. The Hall–Kier alpha value is -1.71. The number of carbonyl (C=O) groups is 1. The van der Waals surface area contributed by atoms with Crippen LogP contribution in [0.3, 0.4) is 0 Å². The van der Waals surface area contributed by atoms with E-state index in [9.17, 15) is 4.79 Å². The highest BCUT2D eigenvalue weighted by Crippen LogP contribution is 2.21. The maximum atomic E-state index is 10.6. The van der Waals surface area contributed by atoms with Crippen molar-refractivity contribution in [3.05, 3.63) is 23.8 Å². The monoisotopic (exact) mass is 209 g/mol. The van der Waals surface area contributed by atoms with E-state index in [-0.39, 0.29) is 0 Å². The van der Waals surface area contributed by atoms with Crippen LogP contribution in [-0.4, -0.2) is 24.2 Å². The predicted octanol–water partition coefficient (Wildman–Crippen LogP) is 1.89. The van der Waals surface area contributed by atoms with Crippen LogP contribution in [0.15, 0.2) is 18.2 Å². The van der Waals surface area contributed by atoms with E-state index in [1.165, 1.54) is 0 Å². The van der Waals surface area contributed by atoms with E-state index in [1.54, 1.807) is 20.1 Å². The highest BCUT2D eigenvalue weighted by atomic mass is 16.5. The summed E-state index contributed by atoms with van der Waals surface area (Å²) in [6, 6.07) is 4.87. The van der Waals surface area contributed by atoms with Crippen LogP contribution in [0.25, 0.3) is 0 Å². The van der Waals surface area contributed by atoms with Gasteiger partial charge in [-0.25, -0.2) is 0 Å². The molecule has 0 bridgehead atoms. The molecular weight excluding hydrogens is 194 g/mol. The van der Waals surface area contributed by atoms with Gasteiger partial charge in [-0.2, -0.15) is 0 Å². The number of carboxylic acids is 1. The molecule has 0 radical (unpaired) electrons. The Morgan fingerprint density at radius 1 is 1.53 bits per heavy atom. The molecule has 1 atom stereocenters. The molecule has 2 N–H and O–H groups in total. The Balaban J connectivity index is 2.79. The van der Waals surface area contributed by atoms with Crippen molar-refractivity contribution in [1.82, 2.24) is 0 Å². The normalized spacial score (nSPS) is 11.9. The molecule has 1 unspecified atom stereocenters. The molecule has 1 aromatic rings. The molecule has 0 heterocycles. The van der Waals surface area contributed by atoms with Crippen LogP contribution in [0.2, 0.25) is 0 Å². The fourth-order valence-corrected chi connectivity index (χ4v) is 1.28. The van der Waals surface area contributed by atoms with Crippen LogP contribution >= 0.6 is 0 Å². The second-order valence-corrected chi connectivity index (χ2v) is 3.39. The standard InChI is InChI=1S/C11H15NO3/c1-7-6-9(4-5-10(7)15-3)12-8(2)11(13)14/h4-6,8,12H,1-3H3,(H,13,14). The van der Waals surface area contributed by atoms with Gasteiger partial charge in [-0.05, 0) is 37.6 Å². The molecule has 1 rings (SSSR count). The predicted molar refractivity (Wildman–Crippen MR) is 58.5 cm³/mol. The minimum absolute atomic E-state index is 0.599. The molecule has 0 saturated heterocycles. The molecular formula is C11H15NO3. The maximum Gasteiger partial charge on any atom is 0.325 e. The Kier molecular flexibility index (Phi) is 3.55. The fourth-order valence-electron chi connectivity index (χ4n) is 1.28. The lowest BCUT2D eigenvalue weighted by Gasteiger charge is -2.12. The van der Waals surface area contributed by atoms with Gasteiger partial charge in [0.05, 0.1) is 7.11 Å². The van der Waals surface area contributed by atoms with E-state index in [4.69, 9.17) is 9.84 Å². The summed E-state index contributed by atoms with van der Waals surface area (Å²) in [6.07, 6.45) is 0. The van der Waals surface area contributed by atoms with Crippen LogP contribution in [0.1, 0.15) is 12.5 Å². The SMILES string of the molecule is COc1ccc(NC(C)C(=O)O)cc1C. The van der Waals surface area contributed by atoms with Gasteiger partial charge >= 0.3 is 5.97 Å². The maximum absolute atomic E-state index is 10.6. The number of hydrogen-bond donors (Lipinski definition) is 2. The second-order valence-electron chi connectivity index (χ2n) is 3.39. The molecule has 0 saturated carbocycles. The van der Waals surface area contributed by atoms with Crippen LogP contribution in [0.5, 0.6) is 5.75 Å². The van der Waals surface area contributed by atoms with Crippen LogP contribution < -0.4 is 10.1 Å². The van der Waals surface area contributed by atoms with Crippen molar-refractivity contribution in [2.75, 3.05) is 12.4 Å². The van der Waals surface area contributed by atoms with E-state index in [1.807, 2.05) is 19.1 Å². The molecule has 4 heteroatoms. The number of aryl methyl sites for hydroxylation is 1. The first-order valence-corrected chi connectivity index (χ1v) is 4.68. The third-order valence-corrected chi connectivity index (χ3v) is 2.15. The summed E-state index contributed by atoms with van der Waals surface area (Å²) < 4.78 is 5.11. The molecule has 0 aromatic heterocycles. The summed E-state index contributed by atoms with van der Waals surface area (Å²) in [5.74, 6) is -0.0769. The Bertz CT molecular complexity index is 363. The Morgan fingerprint density at radius 2 is 2.20 bits per heavy atom. The first-order chi connectivity index (χ1) is 7.04. The van der Waals surface area contributed by atoms with Gasteiger partial charge in [0, 0.05) is 5.69 Å². The topological polar surface area (TPSA) is 58.6 Å². The highest BCUT2D eigenvalue weighted by Gasteiger charge is 2.10. The smallest absolute Gasteiger partial charge is 0.325 e. The van der Waals surface area contributed by atoms with Gasteiger partial charge in [0.2, 0.25) is 0 Å². The van der Waals surface area contributed by atoms with E-state index in [0.29, 0.717) is 0 Å².